The molecule has 6 heteroatoms. The molecule has 1 aliphatic heterocycles. The fourth-order valence-corrected chi connectivity index (χ4v) is 5.46. The van der Waals surface area contributed by atoms with Crippen LogP contribution in [0.1, 0.15) is 18.4 Å². The Hall–Kier alpha value is -1.21. The topological polar surface area (TPSA) is 63.2 Å². The predicted molar refractivity (Wildman–Crippen MR) is 90.8 cm³/mol. The third-order valence-corrected chi connectivity index (χ3v) is 7.51. The van der Waals surface area contributed by atoms with E-state index in [1.54, 1.807) is 12.1 Å². The van der Waals surface area contributed by atoms with E-state index in [1.807, 2.05) is 12.1 Å². The summed E-state index contributed by atoms with van der Waals surface area (Å²) in [6.07, 6.45) is 7.24. The van der Waals surface area contributed by atoms with Crippen molar-refractivity contribution in [3.8, 4) is 0 Å². The Morgan fingerprint density at radius 1 is 1.17 bits per heavy atom. The zero-order valence-electron chi connectivity index (χ0n) is 13.8. The number of benzene rings is 1. The summed E-state index contributed by atoms with van der Waals surface area (Å²) in [6.45, 7) is 2.75. The van der Waals surface area contributed by atoms with E-state index >= 15 is 0 Å². The first-order chi connectivity index (χ1) is 11.6. The Morgan fingerprint density at radius 3 is 2.62 bits per heavy atom. The van der Waals surface area contributed by atoms with Gasteiger partial charge in [0.05, 0.1) is 24.2 Å². The first kappa shape index (κ1) is 16.3. The zero-order valence-corrected chi connectivity index (χ0v) is 14.6. The summed E-state index contributed by atoms with van der Waals surface area (Å²) in [7, 11) is -3.38. The molecule has 1 aromatic carbocycles. The van der Waals surface area contributed by atoms with Gasteiger partial charge in [-0.15, -0.1) is 0 Å². The van der Waals surface area contributed by atoms with Crippen LogP contribution in [-0.2, 0) is 21.3 Å². The maximum Gasteiger partial charge on any atom is 0.243 e. The number of ether oxygens (including phenoxy) is 1. The molecule has 3 aliphatic rings. The Kier molecular flexibility index (Phi) is 4.47. The summed E-state index contributed by atoms with van der Waals surface area (Å²) in [5, 5.41) is 2.41. The third-order valence-electron chi connectivity index (χ3n) is 5.60. The van der Waals surface area contributed by atoms with Gasteiger partial charge in [0, 0.05) is 31.0 Å². The summed E-state index contributed by atoms with van der Waals surface area (Å²) >= 11 is 0. The molecule has 0 spiro atoms. The first-order valence-corrected chi connectivity index (χ1v) is 10.3. The van der Waals surface area contributed by atoms with Crippen LogP contribution in [0, 0.1) is 11.8 Å². The average molecular weight is 349 g/mol. The van der Waals surface area contributed by atoms with Gasteiger partial charge in [-0.25, -0.2) is 8.42 Å². The molecule has 5 nitrogen and oxygen atoms in total. The molecule has 4 rings (SSSR count). The van der Waals surface area contributed by atoms with Crippen LogP contribution in [0.15, 0.2) is 41.3 Å². The SMILES string of the molecule is O=S(=O)(c1ccc(C[NH2+][C@H]2C[C@@H]3CC=C[C@@H]32)cc1)N1CCOCC1. The standard InChI is InChI=1S/C18H24N2O3S/c21-24(22,20-8-10-23-11-9-20)16-6-4-14(5-7-16)13-19-18-12-15-2-1-3-17(15)18/h1,3-7,15,17-19H,2,8-13H2/p+1/t15-,17-,18-/m0/s1. The van der Waals surface area contributed by atoms with E-state index in [0.717, 1.165) is 18.4 Å². The molecule has 1 saturated carbocycles. The lowest BCUT2D eigenvalue weighted by molar-refractivity contribution is -0.722. The van der Waals surface area contributed by atoms with Gasteiger partial charge in [-0.05, 0) is 24.5 Å². The van der Waals surface area contributed by atoms with Crippen molar-refractivity contribution in [1.82, 2.24) is 4.31 Å². The molecular weight excluding hydrogens is 324 g/mol. The highest BCUT2D eigenvalue weighted by molar-refractivity contribution is 7.89. The van der Waals surface area contributed by atoms with Crippen molar-refractivity contribution in [2.24, 2.45) is 11.8 Å². The van der Waals surface area contributed by atoms with E-state index in [2.05, 4.69) is 17.5 Å². The second-order valence-electron chi connectivity index (χ2n) is 7.00. The van der Waals surface area contributed by atoms with Gasteiger partial charge >= 0.3 is 0 Å². The van der Waals surface area contributed by atoms with Gasteiger partial charge in [-0.2, -0.15) is 4.31 Å². The number of hydrogen-bond donors (Lipinski definition) is 1. The number of morpholine rings is 1. The van der Waals surface area contributed by atoms with Crippen molar-refractivity contribution in [3.05, 3.63) is 42.0 Å². The van der Waals surface area contributed by atoms with Gasteiger partial charge in [0.2, 0.25) is 10.0 Å². The van der Waals surface area contributed by atoms with Gasteiger partial charge < -0.3 is 10.1 Å². The molecule has 24 heavy (non-hydrogen) atoms. The minimum atomic E-state index is -3.38. The van der Waals surface area contributed by atoms with Crippen molar-refractivity contribution in [1.29, 1.82) is 0 Å². The second kappa shape index (κ2) is 6.59. The Morgan fingerprint density at radius 2 is 1.92 bits per heavy atom. The third kappa shape index (κ3) is 3.04. The van der Waals surface area contributed by atoms with Crippen LogP contribution in [0.25, 0.3) is 0 Å². The van der Waals surface area contributed by atoms with Gasteiger partial charge in [0.1, 0.15) is 6.54 Å². The van der Waals surface area contributed by atoms with Crippen LogP contribution < -0.4 is 5.32 Å². The average Bonchev–Trinajstić information content (AvgIpc) is 2.97. The number of nitrogens with two attached hydrogens (primary N) is 1. The van der Waals surface area contributed by atoms with Crippen LogP contribution in [0.2, 0.25) is 0 Å². The van der Waals surface area contributed by atoms with Crippen LogP contribution in [-0.4, -0.2) is 45.1 Å². The summed E-state index contributed by atoms with van der Waals surface area (Å²) in [4.78, 5) is 0.385. The number of quaternary nitrogens is 1. The predicted octanol–water partition coefficient (Wildman–Crippen LogP) is 0.736. The maximum atomic E-state index is 12.6. The fraction of sp³-hybridized carbons (Fsp3) is 0.556. The summed E-state index contributed by atoms with van der Waals surface area (Å²) in [5.41, 5.74) is 1.18. The molecule has 1 aromatic rings. The van der Waals surface area contributed by atoms with E-state index in [9.17, 15) is 8.42 Å². The van der Waals surface area contributed by atoms with Crippen molar-refractivity contribution in [2.75, 3.05) is 26.3 Å². The van der Waals surface area contributed by atoms with Gasteiger partial charge in [0.15, 0.2) is 0 Å². The van der Waals surface area contributed by atoms with E-state index in [1.165, 1.54) is 22.7 Å². The van der Waals surface area contributed by atoms with E-state index in [-0.39, 0.29) is 0 Å². The molecule has 1 saturated heterocycles. The van der Waals surface area contributed by atoms with Crippen molar-refractivity contribution in [2.45, 2.75) is 30.3 Å². The molecule has 0 unspecified atom stereocenters. The van der Waals surface area contributed by atoms with Crippen LogP contribution in [0.3, 0.4) is 0 Å². The largest absolute Gasteiger partial charge is 0.379 e. The molecule has 2 fully saturated rings. The molecular formula is C18H25N2O3S+. The normalized spacial score (nSPS) is 30.1. The lowest BCUT2D eigenvalue weighted by Gasteiger charge is -2.37. The van der Waals surface area contributed by atoms with E-state index in [4.69, 9.17) is 4.74 Å². The second-order valence-corrected chi connectivity index (χ2v) is 8.94. The van der Waals surface area contributed by atoms with E-state index in [0.29, 0.717) is 37.2 Å². The first-order valence-electron chi connectivity index (χ1n) is 8.81. The van der Waals surface area contributed by atoms with E-state index < -0.39 is 10.0 Å². The number of fused-ring (bicyclic) bond motifs is 1. The number of nitrogens with zero attached hydrogens (tertiary/aromatic N) is 1. The number of hydrogen-bond acceptors (Lipinski definition) is 3. The highest BCUT2D eigenvalue weighted by Gasteiger charge is 2.43. The minimum absolute atomic E-state index is 0.385. The van der Waals surface area contributed by atoms with Crippen molar-refractivity contribution < 1.29 is 18.5 Å². The number of allylic oxidation sites excluding steroid dienone is 1. The lowest BCUT2D eigenvalue weighted by atomic mass is 9.71. The molecule has 1 heterocycles. The Balaban J connectivity index is 1.36. The monoisotopic (exact) mass is 349 g/mol. The number of sulfonamides is 1. The molecule has 0 amide bonds. The molecule has 0 radical (unpaired) electrons. The quantitative estimate of drug-likeness (QED) is 0.798. The van der Waals surface area contributed by atoms with Gasteiger partial charge in [-0.3, -0.25) is 0 Å². The molecule has 2 aliphatic carbocycles. The maximum absolute atomic E-state index is 12.6. The lowest BCUT2D eigenvalue weighted by Crippen LogP contribution is -2.92. The van der Waals surface area contributed by atoms with Crippen molar-refractivity contribution in [3.63, 3.8) is 0 Å². The smallest absolute Gasteiger partial charge is 0.243 e. The van der Waals surface area contributed by atoms with Crippen molar-refractivity contribution >= 4 is 10.0 Å². The summed E-state index contributed by atoms with van der Waals surface area (Å²) in [5.74, 6) is 1.64. The Labute approximate surface area is 143 Å². The number of rotatable bonds is 5. The molecule has 130 valence electrons. The fourth-order valence-electron chi connectivity index (χ4n) is 4.06. The molecule has 0 bridgehead atoms. The summed E-state index contributed by atoms with van der Waals surface area (Å²) in [6, 6.07) is 8.08. The minimum Gasteiger partial charge on any atom is -0.379 e. The zero-order chi connectivity index (χ0) is 16.6. The summed E-state index contributed by atoms with van der Waals surface area (Å²) < 4.78 is 31.9. The van der Waals surface area contributed by atoms with Crippen LogP contribution >= 0.6 is 0 Å². The highest BCUT2D eigenvalue weighted by atomic mass is 32.2. The van der Waals surface area contributed by atoms with Gasteiger partial charge in [0.25, 0.3) is 0 Å². The van der Waals surface area contributed by atoms with Crippen LogP contribution in [0.5, 0.6) is 0 Å². The highest BCUT2D eigenvalue weighted by Crippen LogP contribution is 2.40. The van der Waals surface area contributed by atoms with Gasteiger partial charge in [-0.1, -0.05) is 24.3 Å². The molecule has 0 aromatic heterocycles. The Bertz CT molecular complexity index is 708. The molecule has 3 atom stereocenters. The van der Waals surface area contributed by atoms with Crippen LogP contribution in [0.4, 0.5) is 0 Å². The molecule has 2 N–H and O–H groups in total.